The van der Waals surface area contributed by atoms with Crippen molar-refractivity contribution in [3.8, 4) is 0 Å². The topological polar surface area (TPSA) is 28.5 Å². The lowest BCUT2D eigenvalue weighted by molar-refractivity contribution is -0.135. The lowest BCUT2D eigenvalue weighted by Crippen LogP contribution is -2.48. The first-order valence-corrected chi connectivity index (χ1v) is 9.91. The van der Waals surface area contributed by atoms with Gasteiger partial charge in [0.2, 0.25) is 5.91 Å². The fourth-order valence-electron chi connectivity index (χ4n) is 5.23. The minimum atomic E-state index is -0.00938. The largest absolute Gasteiger partial charge is 0.350 e. The van der Waals surface area contributed by atoms with Gasteiger partial charge in [-0.3, -0.25) is 9.69 Å². The number of rotatable bonds is 1. The molecular formula is C22H27N3O. The number of aryl methyl sites for hydroxylation is 1. The van der Waals surface area contributed by atoms with Gasteiger partial charge >= 0.3 is 0 Å². The molecule has 1 aromatic carbocycles. The average Bonchev–Trinajstić information content (AvgIpc) is 3.00. The van der Waals surface area contributed by atoms with E-state index in [1.54, 1.807) is 0 Å². The fourth-order valence-corrected chi connectivity index (χ4v) is 5.23. The highest BCUT2D eigenvalue weighted by atomic mass is 16.2. The maximum absolute atomic E-state index is 13.1. The van der Waals surface area contributed by atoms with Crippen LogP contribution in [0.25, 0.3) is 16.5 Å². The van der Waals surface area contributed by atoms with Gasteiger partial charge in [0, 0.05) is 49.8 Å². The van der Waals surface area contributed by atoms with Crippen LogP contribution in [0.4, 0.5) is 0 Å². The highest BCUT2D eigenvalue weighted by molar-refractivity contribution is 5.99. The van der Waals surface area contributed by atoms with Crippen molar-refractivity contribution in [2.75, 3.05) is 26.7 Å². The molecule has 2 aromatic rings. The lowest BCUT2D eigenvalue weighted by Gasteiger charge is -2.41. The molecule has 136 valence electrons. The number of carbonyl (C=O) groups is 1. The van der Waals surface area contributed by atoms with Gasteiger partial charge in [-0.25, -0.2) is 0 Å². The number of likely N-dealkylation sites (tertiary alicyclic amines) is 1. The Morgan fingerprint density at radius 2 is 1.92 bits per heavy atom. The second-order valence-electron chi connectivity index (χ2n) is 8.24. The van der Waals surface area contributed by atoms with Crippen LogP contribution in [-0.4, -0.2) is 53.0 Å². The average molecular weight is 349 g/mol. The summed E-state index contributed by atoms with van der Waals surface area (Å²) in [6, 6.07) is 6.99. The smallest absolute Gasteiger partial charge is 0.230 e. The molecule has 3 aliphatic rings. The van der Waals surface area contributed by atoms with E-state index in [2.05, 4.69) is 58.9 Å². The number of amides is 1. The van der Waals surface area contributed by atoms with Crippen molar-refractivity contribution in [3.05, 3.63) is 41.6 Å². The van der Waals surface area contributed by atoms with Crippen molar-refractivity contribution in [2.45, 2.75) is 31.7 Å². The zero-order valence-corrected chi connectivity index (χ0v) is 15.7. The number of likely N-dealkylation sites (N-methyl/N-ethyl adjacent to an activating group) is 1. The van der Waals surface area contributed by atoms with E-state index < -0.39 is 0 Å². The Morgan fingerprint density at radius 1 is 1.12 bits per heavy atom. The molecule has 5 rings (SSSR count). The predicted octanol–water partition coefficient (Wildman–Crippen LogP) is 3.06. The van der Waals surface area contributed by atoms with E-state index >= 15 is 0 Å². The maximum Gasteiger partial charge on any atom is 0.230 e. The standard InChI is InChI=1S/C22H27N3O/c1-23-13-15-12-20-18(17-7-6-8-19(23)21(15)17)11-16(14-24(20)2)22(26)25-9-4-3-5-10-25/h6-8,11,13,16,20H,3-5,9-10,12,14H2,1-2H3/t16-,20-/m1/s1. The monoisotopic (exact) mass is 349 g/mol. The highest BCUT2D eigenvalue weighted by Gasteiger charge is 2.37. The molecule has 1 aliphatic carbocycles. The summed E-state index contributed by atoms with van der Waals surface area (Å²) in [5.74, 6) is 0.318. The van der Waals surface area contributed by atoms with Crippen LogP contribution in [0.5, 0.6) is 0 Å². The van der Waals surface area contributed by atoms with Crippen molar-refractivity contribution in [1.29, 1.82) is 0 Å². The van der Waals surface area contributed by atoms with Crippen molar-refractivity contribution < 1.29 is 4.79 Å². The summed E-state index contributed by atoms with van der Waals surface area (Å²) >= 11 is 0. The molecule has 2 aliphatic heterocycles. The zero-order valence-electron chi connectivity index (χ0n) is 15.7. The quantitative estimate of drug-likeness (QED) is 0.792. The molecule has 0 spiro atoms. The number of nitrogens with zero attached hydrogens (tertiary/aromatic N) is 3. The summed E-state index contributed by atoms with van der Waals surface area (Å²) in [6.45, 7) is 2.70. The number of aromatic nitrogens is 1. The summed E-state index contributed by atoms with van der Waals surface area (Å²) in [6.07, 6.45) is 9.19. The Kier molecular flexibility index (Phi) is 3.71. The van der Waals surface area contributed by atoms with Gasteiger partial charge in [-0.1, -0.05) is 18.2 Å². The summed E-state index contributed by atoms with van der Waals surface area (Å²) < 4.78 is 2.24. The van der Waals surface area contributed by atoms with Crippen molar-refractivity contribution in [2.24, 2.45) is 13.0 Å². The van der Waals surface area contributed by atoms with E-state index in [1.807, 2.05) is 0 Å². The van der Waals surface area contributed by atoms with E-state index in [1.165, 1.54) is 34.0 Å². The molecule has 4 nitrogen and oxygen atoms in total. The molecule has 1 saturated heterocycles. The first-order valence-electron chi connectivity index (χ1n) is 9.91. The van der Waals surface area contributed by atoms with Gasteiger partial charge in [0.1, 0.15) is 0 Å². The Morgan fingerprint density at radius 3 is 2.73 bits per heavy atom. The van der Waals surface area contributed by atoms with Crippen LogP contribution in [0.1, 0.15) is 30.4 Å². The van der Waals surface area contributed by atoms with Crippen LogP contribution < -0.4 is 0 Å². The van der Waals surface area contributed by atoms with E-state index in [0.29, 0.717) is 11.9 Å². The number of benzene rings is 1. The number of piperidine rings is 1. The molecule has 3 heterocycles. The number of carbonyl (C=O) groups excluding carboxylic acids is 1. The predicted molar refractivity (Wildman–Crippen MR) is 105 cm³/mol. The summed E-state index contributed by atoms with van der Waals surface area (Å²) in [4.78, 5) is 17.6. The first-order chi connectivity index (χ1) is 12.6. The number of hydrogen-bond donors (Lipinski definition) is 0. The summed E-state index contributed by atoms with van der Waals surface area (Å²) in [7, 11) is 4.31. The van der Waals surface area contributed by atoms with Crippen LogP contribution in [0.3, 0.4) is 0 Å². The molecule has 0 bridgehead atoms. The van der Waals surface area contributed by atoms with Crippen molar-refractivity contribution >= 4 is 22.4 Å². The van der Waals surface area contributed by atoms with Crippen LogP contribution in [-0.2, 0) is 18.3 Å². The van der Waals surface area contributed by atoms with Crippen molar-refractivity contribution in [1.82, 2.24) is 14.4 Å². The van der Waals surface area contributed by atoms with Crippen LogP contribution in [0, 0.1) is 5.92 Å². The van der Waals surface area contributed by atoms with E-state index in [0.717, 1.165) is 38.9 Å². The SMILES string of the molecule is CN1C[C@H](C(=O)N2CCCCC2)C=C2c3cccc4c3c(cn4C)C[C@H]21. The molecule has 26 heavy (non-hydrogen) atoms. The highest BCUT2D eigenvalue weighted by Crippen LogP contribution is 2.41. The minimum Gasteiger partial charge on any atom is -0.350 e. The lowest BCUT2D eigenvalue weighted by atomic mass is 9.79. The summed E-state index contributed by atoms with van der Waals surface area (Å²) in [5, 5.41) is 1.39. The molecule has 0 radical (unpaired) electrons. The third-order valence-electron chi connectivity index (χ3n) is 6.56. The molecule has 1 fully saturated rings. The Balaban J connectivity index is 1.57. The van der Waals surface area contributed by atoms with Crippen LogP contribution in [0.2, 0.25) is 0 Å². The van der Waals surface area contributed by atoms with Gasteiger partial charge in [0.15, 0.2) is 0 Å². The molecule has 0 N–H and O–H groups in total. The second-order valence-corrected chi connectivity index (χ2v) is 8.24. The zero-order chi connectivity index (χ0) is 17.8. The van der Waals surface area contributed by atoms with E-state index in [9.17, 15) is 4.79 Å². The van der Waals surface area contributed by atoms with Crippen LogP contribution >= 0.6 is 0 Å². The van der Waals surface area contributed by atoms with Gasteiger partial charge in [-0.05, 0) is 55.5 Å². The number of hydrogen-bond acceptors (Lipinski definition) is 2. The number of fused-ring (bicyclic) bond motifs is 2. The van der Waals surface area contributed by atoms with Crippen LogP contribution in [0.15, 0.2) is 30.5 Å². The third kappa shape index (κ3) is 2.35. The van der Waals surface area contributed by atoms with E-state index in [-0.39, 0.29) is 5.92 Å². The molecular weight excluding hydrogens is 322 g/mol. The van der Waals surface area contributed by atoms with E-state index in [4.69, 9.17) is 0 Å². The van der Waals surface area contributed by atoms with Gasteiger partial charge in [-0.15, -0.1) is 0 Å². The first kappa shape index (κ1) is 16.1. The molecule has 0 unspecified atom stereocenters. The Labute approximate surface area is 155 Å². The third-order valence-corrected chi connectivity index (χ3v) is 6.56. The summed E-state index contributed by atoms with van der Waals surface area (Å²) in [5.41, 5.74) is 5.42. The van der Waals surface area contributed by atoms with Gasteiger partial charge < -0.3 is 9.47 Å². The molecule has 1 aromatic heterocycles. The van der Waals surface area contributed by atoms with Gasteiger partial charge in [0.05, 0.1) is 5.92 Å². The minimum absolute atomic E-state index is 0.00938. The molecule has 2 atom stereocenters. The van der Waals surface area contributed by atoms with Gasteiger partial charge in [-0.2, -0.15) is 0 Å². The fraction of sp³-hybridized carbons (Fsp3) is 0.500. The normalized spacial score (nSPS) is 25.9. The van der Waals surface area contributed by atoms with Gasteiger partial charge in [0.25, 0.3) is 0 Å². The van der Waals surface area contributed by atoms with Crippen molar-refractivity contribution in [3.63, 3.8) is 0 Å². The molecule has 4 heteroatoms. The Bertz CT molecular complexity index is 903. The maximum atomic E-state index is 13.1. The molecule has 1 amide bonds. The second kappa shape index (κ2) is 5.98. The molecule has 0 saturated carbocycles. The Hall–Kier alpha value is -2.07.